The van der Waals surface area contributed by atoms with Crippen LogP contribution < -0.4 is 10.1 Å². The second kappa shape index (κ2) is 7.98. The van der Waals surface area contributed by atoms with Crippen LogP contribution in [0.4, 0.5) is 0 Å². The fourth-order valence-corrected chi connectivity index (χ4v) is 3.36. The second-order valence-electron chi connectivity index (χ2n) is 6.10. The van der Waals surface area contributed by atoms with Crippen LogP contribution in [0.25, 0.3) is 0 Å². The van der Waals surface area contributed by atoms with Crippen LogP contribution in [0.5, 0.6) is 5.75 Å². The molecule has 0 aromatic heterocycles. The van der Waals surface area contributed by atoms with Gasteiger partial charge in [0, 0.05) is 18.2 Å². The van der Waals surface area contributed by atoms with Crippen LogP contribution in [0.1, 0.15) is 36.4 Å². The first-order valence-electron chi connectivity index (χ1n) is 8.45. The summed E-state index contributed by atoms with van der Waals surface area (Å²) in [5, 5.41) is 3.77. The minimum absolute atomic E-state index is 0.345. The molecule has 0 fully saturated rings. The molecule has 2 nitrogen and oxygen atoms in total. The maximum atomic E-state index is 5.47. The van der Waals surface area contributed by atoms with Crippen molar-refractivity contribution in [3.8, 4) is 5.75 Å². The number of methoxy groups -OCH3 is 1. The Hall–Kier alpha value is -2.06. The highest BCUT2D eigenvalue weighted by atomic mass is 16.5. The average Bonchev–Trinajstić information content (AvgIpc) is 2.64. The number of para-hydroxylation sites is 1. The van der Waals surface area contributed by atoms with E-state index in [4.69, 9.17) is 4.74 Å². The van der Waals surface area contributed by atoms with Gasteiger partial charge in [-0.1, -0.05) is 60.7 Å². The summed E-state index contributed by atoms with van der Waals surface area (Å²) in [6, 6.07) is 19.4. The number of benzene rings is 2. The lowest BCUT2D eigenvalue weighted by atomic mass is 9.85. The predicted molar refractivity (Wildman–Crippen MR) is 95.5 cm³/mol. The Morgan fingerprint density at radius 3 is 2.61 bits per heavy atom. The maximum Gasteiger partial charge on any atom is 0.123 e. The van der Waals surface area contributed by atoms with Gasteiger partial charge in [0.1, 0.15) is 5.75 Å². The van der Waals surface area contributed by atoms with Crippen molar-refractivity contribution in [2.45, 2.75) is 31.8 Å². The molecule has 0 bridgehead atoms. The topological polar surface area (TPSA) is 21.3 Å². The van der Waals surface area contributed by atoms with Gasteiger partial charge in [0.25, 0.3) is 0 Å². The molecule has 0 heterocycles. The molecule has 0 radical (unpaired) electrons. The molecule has 0 saturated carbocycles. The van der Waals surface area contributed by atoms with Crippen molar-refractivity contribution in [3.05, 3.63) is 77.9 Å². The van der Waals surface area contributed by atoms with Crippen molar-refractivity contribution >= 4 is 0 Å². The zero-order chi connectivity index (χ0) is 15.9. The van der Waals surface area contributed by atoms with Crippen LogP contribution in [0.15, 0.2) is 66.7 Å². The Kier molecular flexibility index (Phi) is 5.49. The first kappa shape index (κ1) is 15.8. The normalized spacial score (nSPS) is 18.6. The number of ether oxygens (including phenoxy) is 1. The van der Waals surface area contributed by atoms with Crippen molar-refractivity contribution in [1.82, 2.24) is 5.32 Å². The minimum atomic E-state index is 0.345. The number of rotatable bonds is 6. The maximum absolute atomic E-state index is 5.47. The highest BCUT2D eigenvalue weighted by Gasteiger charge is 2.22. The van der Waals surface area contributed by atoms with Crippen molar-refractivity contribution in [3.63, 3.8) is 0 Å². The van der Waals surface area contributed by atoms with Crippen LogP contribution in [-0.2, 0) is 6.54 Å². The van der Waals surface area contributed by atoms with Gasteiger partial charge in [0.2, 0.25) is 0 Å². The average molecular weight is 307 g/mol. The molecule has 2 atom stereocenters. The molecule has 0 aliphatic heterocycles. The summed E-state index contributed by atoms with van der Waals surface area (Å²) < 4.78 is 5.47. The van der Waals surface area contributed by atoms with Gasteiger partial charge in [-0.2, -0.15) is 0 Å². The van der Waals surface area contributed by atoms with Crippen molar-refractivity contribution < 1.29 is 4.74 Å². The van der Waals surface area contributed by atoms with Gasteiger partial charge >= 0.3 is 0 Å². The number of hydrogen-bond donors (Lipinski definition) is 1. The number of nitrogens with one attached hydrogen (secondary N) is 1. The predicted octanol–water partition coefficient (Wildman–Crippen LogP) is 4.88. The van der Waals surface area contributed by atoms with E-state index in [1.165, 1.54) is 30.4 Å². The van der Waals surface area contributed by atoms with E-state index in [2.05, 4.69) is 59.9 Å². The second-order valence-corrected chi connectivity index (χ2v) is 6.10. The van der Waals surface area contributed by atoms with E-state index in [-0.39, 0.29) is 0 Å². The highest BCUT2D eigenvalue weighted by molar-refractivity contribution is 5.33. The summed E-state index contributed by atoms with van der Waals surface area (Å²) in [4.78, 5) is 0. The van der Waals surface area contributed by atoms with Gasteiger partial charge in [-0.05, 0) is 36.8 Å². The highest BCUT2D eigenvalue weighted by Crippen LogP contribution is 2.31. The van der Waals surface area contributed by atoms with E-state index < -0.39 is 0 Å². The van der Waals surface area contributed by atoms with Gasteiger partial charge in [-0.25, -0.2) is 0 Å². The number of allylic oxidation sites excluding steroid dienone is 1. The third kappa shape index (κ3) is 4.02. The molecule has 120 valence electrons. The van der Waals surface area contributed by atoms with Crippen molar-refractivity contribution in [2.75, 3.05) is 7.11 Å². The molecular formula is C21H25NO. The lowest BCUT2D eigenvalue weighted by molar-refractivity contribution is 0.372. The first-order chi connectivity index (χ1) is 11.4. The molecule has 23 heavy (non-hydrogen) atoms. The Bertz CT molecular complexity index is 635. The van der Waals surface area contributed by atoms with E-state index in [9.17, 15) is 0 Å². The molecule has 0 unspecified atom stereocenters. The van der Waals surface area contributed by atoms with Crippen LogP contribution in [0.2, 0.25) is 0 Å². The standard InChI is InChI=1S/C21H25NO/c1-23-20-15-9-8-14-19(20)16-22-21(17-10-4-2-5-11-17)18-12-6-3-7-13-18/h2,4-6,8-12,14-15,18,21-22H,3,7,13,16H2,1H3/t18-,21-/m0/s1. The zero-order valence-corrected chi connectivity index (χ0v) is 13.7. The fourth-order valence-electron chi connectivity index (χ4n) is 3.36. The molecule has 2 aromatic carbocycles. The lowest BCUT2D eigenvalue weighted by Gasteiger charge is -2.28. The van der Waals surface area contributed by atoms with E-state index in [0.29, 0.717) is 12.0 Å². The molecular weight excluding hydrogens is 282 g/mol. The third-order valence-corrected chi connectivity index (χ3v) is 4.58. The molecule has 1 aliphatic carbocycles. The number of hydrogen-bond acceptors (Lipinski definition) is 2. The van der Waals surface area contributed by atoms with Gasteiger partial charge in [-0.15, -0.1) is 0 Å². The van der Waals surface area contributed by atoms with Gasteiger partial charge in [-0.3, -0.25) is 0 Å². The summed E-state index contributed by atoms with van der Waals surface area (Å²) in [6.07, 6.45) is 8.45. The lowest BCUT2D eigenvalue weighted by Crippen LogP contribution is -2.28. The van der Waals surface area contributed by atoms with Crippen molar-refractivity contribution in [1.29, 1.82) is 0 Å². The Labute approximate surface area is 139 Å². The molecule has 2 aromatic rings. The molecule has 1 aliphatic rings. The smallest absolute Gasteiger partial charge is 0.123 e. The molecule has 0 amide bonds. The summed E-state index contributed by atoms with van der Waals surface area (Å²) in [5.41, 5.74) is 2.56. The fraction of sp³-hybridized carbons (Fsp3) is 0.333. The molecule has 0 spiro atoms. The first-order valence-corrected chi connectivity index (χ1v) is 8.45. The van der Waals surface area contributed by atoms with Gasteiger partial charge < -0.3 is 10.1 Å². The summed E-state index contributed by atoms with van der Waals surface area (Å²) in [7, 11) is 1.73. The zero-order valence-electron chi connectivity index (χ0n) is 13.7. The van der Waals surface area contributed by atoms with E-state index in [1.54, 1.807) is 7.11 Å². The van der Waals surface area contributed by atoms with Crippen LogP contribution in [0, 0.1) is 5.92 Å². The van der Waals surface area contributed by atoms with E-state index >= 15 is 0 Å². The Balaban J connectivity index is 1.78. The monoisotopic (exact) mass is 307 g/mol. The minimum Gasteiger partial charge on any atom is -0.496 e. The quantitative estimate of drug-likeness (QED) is 0.768. The third-order valence-electron chi connectivity index (χ3n) is 4.58. The Morgan fingerprint density at radius 1 is 1.09 bits per heavy atom. The van der Waals surface area contributed by atoms with Gasteiger partial charge in [0.15, 0.2) is 0 Å². The van der Waals surface area contributed by atoms with E-state index in [0.717, 1.165) is 12.3 Å². The summed E-state index contributed by atoms with van der Waals surface area (Å²) in [5.74, 6) is 1.51. The SMILES string of the molecule is COc1ccccc1CN[C@@H](c1ccccc1)[C@H]1C=CCCC1. The van der Waals surface area contributed by atoms with Crippen LogP contribution in [-0.4, -0.2) is 7.11 Å². The largest absolute Gasteiger partial charge is 0.496 e. The molecule has 3 rings (SSSR count). The molecule has 2 heteroatoms. The van der Waals surface area contributed by atoms with Crippen molar-refractivity contribution in [2.24, 2.45) is 5.92 Å². The molecule has 0 saturated heterocycles. The molecule has 1 N–H and O–H groups in total. The van der Waals surface area contributed by atoms with Gasteiger partial charge in [0.05, 0.1) is 7.11 Å². The van der Waals surface area contributed by atoms with Crippen LogP contribution in [0.3, 0.4) is 0 Å². The van der Waals surface area contributed by atoms with E-state index in [1.807, 2.05) is 12.1 Å². The van der Waals surface area contributed by atoms with Crippen LogP contribution >= 0.6 is 0 Å². The Morgan fingerprint density at radius 2 is 1.87 bits per heavy atom. The summed E-state index contributed by atoms with van der Waals surface area (Å²) in [6.45, 7) is 0.813. The summed E-state index contributed by atoms with van der Waals surface area (Å²) >= 11 is 0.